The van der Waals surface area contributed by atoms with Crippen molar-refractivity contribution in [3.8, 4) is 11.4 Å². The highest BCUT2D eigenvalue weighted by Crippen LogP contribution is 2.12. The van der Waals surface area contributed by atoms with Crippen LogP contribution in [0.4, 0.5) is 4.39 Å². The van der Waals surface area contributed by atoms with Crippen molar-refractivity contribution in [2.24, 2.45) is 0 Å². The molecule has 4 nitrogen and oxygen atoms in total. The van der Waals surface area contributed by atoms with E-state index in [9.17, 15) is 9.18 Å². The molecule has 0 fully saturated rings. The molecule has 0 unspecified atom stereocenters. The van der Waals surface area contributed by atoms with E-state index in [0.29, 0.717) is 11.4 Å². The Hall–Kier alpha value is -2.04. The minimum atomic E-state index is -0.844. The summed E-state index contributed by atoms with van der Waals surface area (Å²) in [5, 5.41) is 0. The van der Waals surface area contributed by atoms with Crippen LogP contribution in [0.1, 0.15) is 11.4 Å². The van der Waals surface area contributed by atoms with E-state index in [1.807, 2.05) is 6.92 Å². The molecular weight excluding hydrogens is 209 g/mol. The van der Waals surface area contributed by atoms with Gasteiger partial charge in [0, 0.05) is 17.5 Å². The quantitative estimate of drug-likeness (QED) is 0.792. The number of pyridine rings is 1. The topological polar surface area (TPSA) is 58.6 Å². The molecule has 2 aromatic rings. The summed E-state index contributed by atoms with van der Waals surface area (Å²) in [6.07, 6.45) is 1.59. The lowest BCUT2D eigenvalue weighted by Gasteiger charge is -2.02. The number of hydrogen-bond donors (Lipinski definition) is 1. The van der Waals surface area contributed by atoms with Crippen molar-refractivity contribution in [2.75, 3.05) is 0 Å². The Kier molecular flexibility index (Phi) is 2.52. The van der Waals surface area contributed by atoms with Gasteiger partial charge in [-0.3, -0.25) is 9.78 Å². The molecule has 0 aliphatic rings. The third-order valence-electron chi connectivity index (χ3n) is 2.21. The molecule has 2 aromatic heterocycles. The van der Waals surface area contributed by atoms with Crippen LogP contribution in [0.3, 0.4) is 0 Å². The largest absolute Gasteiger partial charge is 0.304 e. The first kappa shape index (κ1) is 10.5. The Morgan fingerprint density at radius 1 is 1.31 bits per heavy atom. The van der Waals surface area contributed by atoms with E-state index in [4.69, 9.17) is 0 Å². The zero-order valence-electron chi connectivity index (χ0n) is 8.91. The van der Waals surface area contributed by atoms with Crippen LogP contribution in [0.2, 0.25) is 0 Å². The highest BCUT2D eigenvalue weighted by Gasteiger charge is 2.08. The standard InChI is InChI=1S/C11H10FN3O/c1-6-3-4-8(5-13-6)10-14-7(2)9(12)11(16)15-10/h3-5H,1-2H3,(H,14,15,16). The summed E-state index contributed by atoms with van der Waals surface area (Å²) in [5.74, 6) is -0.514. The normalized spacial score (nSPS) is 10.4. The lowest BCUT2D eigenvalue weighted by atomic mass is 10.2. The molecule has 0 aliphatic heterocycles. The van der Waals surface area contributed by atoms with E-state index in [0.717, 1.165) is 5.69 Å². The van der Waals surface area contributed by atoms with Gasteiger partial charge in [0.2, 0.25) is 5.82 Å². The highest BCUT2D eigenvalue weighted by molar-refractivity contribution is 5.53. The van der Waals surface area contributed by atoms with Crippen molar-refractivity contribution >= 4 is 0 Å². The number of H-pyrrole nitrogens is 1. The van der Waals surface area contributed by atoms with Crippen LogP contribution in [0.25, 0.3) is 11.4 Å². The maximum atomic E-state index is 13.1. The van der Waals surface area contributed by atoms with Gasteiger partial charge in [0.1, 0.15) is 5.82 Å². The highest BCUT2D eigenvalue weighted by atomic mass is 19.1. The second-order valence-electron chi connectivity index (χ2n) is 3.50. The van der Waals surface area contributed by atoms with E-state index in [2.05, 4.69) is 15.0 Å². The predicted molar refractivity (Wildman–Crippen MR) is 57.5 cm³/mol. The molecule has 0 spiro atoms. The first-order chi connectivity index (χ1) is 7.58. The van der Waals surface area contributed by atoms with E-state index >= 15 is 0 Å². The molecule has 16 heavy (non-hydrogen) atoms. The SMILES string of the molecule is Cc1ccc(-c2nc(C)c(F)c(=O)[nH]2)cn1. The molecule has 0 bridgehead atoms. The smallest absolute Gasteiger partial charge is 0.287 e. The van der Waals surface area contributed by atoms with Crippen LogP contribution in [-0.2, 0) is 0 Å². The van der Waals surface area contributed by atoms with Gasteiger partial charge in [-0.15, -0.1) is 0 Å². The number of rotatable bonds is 1. The maximum absolute atomic E-state index is 13.1. The minimum Gasteiger partial charge on any atom is -0.304 e. The first-order valence-corrected chi connectivity index (χ1v) is 4.77. The molecule has 82 valence electrons. The summed E-state index contributed by atoms with van der Waals surface area (Å²) in [6.45, 7) is 3.31. The molecule has 0 aromatic carbocycles. The van der Waals surface area contributed by atoms with Crippen molar-refractivity contribution < 1.29 is 4.39 Å². The molecule has 2 heterocycles. The first-order valence-electron chi connectivity index (χ1n) is 4.77. The maximum Gasteiger partial charge on any atom is 0.287 e. The average molecular weight is 219 g/mol. The van der Waals surface area contributed by atoms with Crippen LogP contribution in [-0.4, -0.2) is 15.0 Å². The molecular formula is C11H10FN3O. The Morgan fingerprint density at radius 2 is 2.06 bits per heavy atom. The summed E-state index contributed by atoms with van der Waals surface area (Å²) in [7, 11) is 0. The number of aryl methyl sites for hydroxylation is 2. The lowest BCUT2D eigenvalue weighted by molar-refractivity contribution is 0.589. The van der Waals surface area contributed by atoms with Gasteiger partial charge in [0.15, 0.2) is 0 Å². The molecule has 1 N–H and O–H groups in total. The van der Waals surface area contributed by atoms with Crippen LogP contribution in [0.5, 0.6) is 0 Å². The van der Waals surface area contributed by atoms with E-state index in [1.165, 1.54) is 6.92 Å². The number of halogens is 1. The van der Waals surface area contributed by atoms with Gasteiger partial charge in [-0.05, 0) is 26.0 Å². The lowest BCUT2D eigenvalue weighted by Crippen LogP contribution is -2.15. The summed E-state index contributed by atoms with van der Waals surface area (Å²) in [6, 6.07) is 3.58. The third-order valence-corrected chi connectivity index (χ3v) is 2.21. The number of aromatic amines is 1. The van der Waals surface area contributed by atoms with E-state index in [-0.39, 0.29) is 5.69 Å². The second-order valence-corrected chi connectivity index (χ2v) is 3.50. The second kappa shape index (κ2) is 3.84. The van der Waals surface area contributed by atoms with Crippen molar-refractivity contribution in [2.45, 2.75) is 13.8 Å². The number of hydrogen-bond acceptors (Lipinski definition) is 3. The predicted octanol–water partition coefficient (Wildman–Crippen LogP) is 1.59. The fourth-order valence-corrected chi connectivity index (χ4v) is 1.32. The number of nitrogens with one attached hydrogen (secondary N) is 1. The van der Waals surface area contributed by atoms with Gasteiger partial charge < -0.3 is 4.98 Å². The molecule has 5 heteroatoms. The molecule has 0 aliphatic carbocycles. The zero-order valence-corrected chi connectivity index (χ0v) is 8.91. The molecule has 0 atom stereocenters. The van der Waals surface area contributed by atoms with Crippen molar-refractivity contribution in [3.05, 3.63) is 45.9 Å². The van der Waals surface area contributed by atoms with Gasteiger partial charge in [-0.1, -0.05) is 0 Å². The Balaban J connectivity index is 2.57. The van der Waals surface area contributed by atoms with Gasteiger partial charge in [0.05, 0.1) is 5.69 Å². The minimum absolute atomic E-state index is 0.0827. The van der Waals surface area contributed by atoms with Gasteiger partial charge in [-0.2, -0.15) is 4.39 Å². The fraction of sp³-hybridized carbons (Fsp3) is 0.182. The van der Waals surface area contributed by atoms with E-state index < -0.39 is 11.4 Å². The van der Waals surface area contributed by atoms with Crippen LogP contribution in [0.15, 0.2) is 23.1 Å². The van der Waals surface area contributed by atoms with Crippen molar-refractivity contribution in [1.82, 2.24) is 15.0 Å². The zero-order chi connectivity index (χ0) is 11.7. The molecule has 0 amide bonds. The molecule has 0 saturated carbocycles. The summed E-state index contributed by atoms with van der Waals surface area (Å²) in [5.41, 5.74) is 0.845. The summed E-state index contributed by atoms with van der Waals surface area (Å²) in [4.78, 5) is 21.6. The Bertz CT molecular complexity index is 575. The van der Waals surface area contributed by atoms with E-state index in [1.54, 1.807) is 18.3 Å². The third kappa shape index (κ3) is 1.84. The van der Waals surface area contributed by atoms with Crippen LogP contribution in [0, 0.1) is 19.7 Å². The van der Waals surface area contributed by atoms with Crippen molar-refractivity contribution in [1.29, 1.82) is 0 Å². The van der Waals surface area contributed by atoms with Gasteiger partial charge in [0.25, 0.3) is 5.56 Å². The van der Waals surface area contributed by atoms with Gasteiger partial charge >= 0.3 is 0 Å². The van der Waals surface area contributed by atoms with Crippen LogP contribution < -0.4 is 5.56 Å². The summed E-state index contributed by atoms with van der Waals surface area (Å²) >= 11 is 0. The number of aromatic nitrogens is 3. The number of nitrogens with zero attached hydrogens (tertiary/aromatic N) is 2. The molecule has 0 radical (unpaired) electrons. The van der Waals surface area contributed by atoms with Crippen LogP contribution >= 0.6 is 0 Å². The Morgan fingerprint density at radius 3 is 2.62 bits per heavy atom. The monoisotopic (exact) mass is 219 g/mol. The van der Waals surface area contributed by atoms with Gasteiger partial charge in [-0.25, -0.2) is 4.98 Å². The summed E-state index contributed by atoms with van der Waals surface area (Å²) < 4.78 is 13.1. The average Bonchev–Trinajstić information content (AvgIpc) is 2.26. The Labute approximate surface area is 91.2 Å². The molecule has 0 saturated heterocycles. The van der Waals surface area contributed by atoms with Crippen molar-refractivity contribution in [3.63, 3.8) is 0 Å². The molecule has 2 rings (SSSR count). The fourth-order valence-electron chi connectivity index (χ4n) is 1.32.